The molecule has 0 aliphatic carbocycles. The van der Waals surface area contributed by atoms with Crippen molar-refractivity contribution in [2.75, 3.05) is 13.2 Å². The molecule has 1 aromatic carbocycles. The van der Waals surface area contributed by atoms with Crippen molar-refractivity contribution in [2.24, 2.45) is 0 Å². The molecule has 1 heterocycles. The summed E-state index contributed by atoms with van der Waals surface area (Å²) in [4.78, 5) is 13.1. The van der Waals surface area contributed by atoms with Crippen LogP contribution in [0.4, 0.5) is 0 Å². The van der Waals surface area contributed by atoms with E-state index in [1.165, 1.54) is 5.56 Å². The minimum absolute atomic E-state index is 0.255. The predicted molar refractivity (Wildman–Crippen MR) is 63.7 cm³/mol. The van der Waals surface area contributed by atoms with Gasteiger partial charge in [0.25, 0.3) is 0 Å². The van der Waals surface area contributed by atoms with Gasteiger partial charge in [-0.2, -0.15) is 0 Å². The molecule has 0 radical (unpaired) electrons. The number of hydrogen-bond acceptors (Lipinski definition) is 3. The average molecular weight is 235 g/mol. The van der Waals surface area contributed by atoms with E-state index >= 15 is 0 Å². The zero-order chi connectivity index (χ0) is 12.3. The number of carboxylic acids is 1. The third-order valence-electron chi connectivity index (χ3n) is 3.07. The van der Waals surface area contributed by atoms with Gasteiger partial charge in [-0.1, -0.05) is 30.3 Å². The zero-order valence-corrected chi connectivity index (χ0v) is 9.87. The van der Waals surface area contributed by atoms with E-state index in [0.29, 0.717) is 13.2 Å². The molecule has 1 saturated heterocycles. The van der Waals surface area contributed by atoms with E-state index in [0.717, 1.165) is 6.54 Å². The highest BCUT2D eigenvalue weighted by Crippen LogP contribution is 2.15. The van der Waals surface area contributed by atoms with Gasteiger partial charge in [0.15, 0.2) is 6.10 Å². The van der Waals surface area contributed by atoms with Crippen molar-refractivity contribution in [2.45, 2.75) is 25.6 Å². The number of hydrogen-bond donors (Lipinski definition) is 1. The van der Waals surface area contributed by atoms with Crippen LogP contribution in [0.5, 0.6) is 0 Å². The standard InChI is InChI=1S/C13H17NO3/c1-10-9-17-12(13(15)16)8-14(10)7-11-5-3-2-4-6-11/h2-6,10,12H,7-9H2,1H3,(H,15,16)/t10-,12-/m0/s1. The molecule has 0 bridgehead atoms. The van der Waals surface area contributed by atoms with E-state index in [9.17, 15) is 4.79 Å². The molecule has 2 atom stereocenters. The van der Waals surface area contributed by atoms with Gasteiger partial charge >= 0.3 is 5.97 Å². The van der Waals surface area contributed by atoms with Crippen molar-refractivity contribution in [1.29, 1.82) is 0 Å². The van der Waals surface area contributed by atoms with Gasteiger partial charge in [-0.15, -0.1) is 0 Å². The SMILES string of the molecule is C[C@H]1CO[C@H](C(=O)O)CN1Cc1ccccc1. The Morgan fingerprint density at radius 2 is 2.18 bits per heavy atom. The Balaban J connectivity index is 2.01. The Bertz CT molecular complexity index is 380. The number of morpholine rings is 1. The lowest BCUT2D eigenvalue weighted by atomic mass is 10.1. The fourth-order valence-corrected chi connectivity index (χ4v) is 1.99. The molecule has 1 fully saturated rings. The molecule has 17 heavy (non-hydrogen) atoms. The first-order chi connectivity index (χ1) is 8.16. The molecule has 0 aromatic heterocycles. The number of carbonyl (C=O) groups is 1. The third kappa shape index (κ3) is 3.05. The van der Waals surface area contributed by atoms with Crippen LogP contribution in [0.3, 0.4) is 0 Å². The van der Waals surface area contributed by atoms with Crippen LogP contribution in [0.15, 0.2) is 30.3 Å². The molecular formula is C13H17NO3. The first kappa shape index (κ1) is 12.1. The molecule has 1 aliphatic rings. The number of rotatable bonds is 3. The lowest BCUT2D eigenvalue weighted by molar-refractivity contribution is -0.159. The summed E-state index contributed by atoms with van der Waals surface area (Å²) < 4.78 is 5.28. The summed E-state index contributed by atoms with van der Waals surface area (Å²) in [5.74, 6) is -0.880. The Morgan fingerprint density at radius 3 is 2.82 bits per heavy atom. The van der Waals surface area contributed by atoms with E-state index < -0.39 is 12.1 Å². The Hall–Kier alpha value is -1.39. The molecule has 0 spiro atoms. The number of aliphatic carboxylic acids is 1. The summed E-state index contributed by atoms with van der Waals surface area (Å²) in [7, 11) is 0. The van der Waals surface area contributed by atoms with E-state index in [-0.39, 0.29) is 6.04 Å². The summed E-state index contributed by atoms with van der Waals surface area (Å²) in [6, 6.07) is 10.3. The number of nitrogens with zero attached hydrogens (tertiary/aromatic N) is 1. The van der Waals surface area contributed by atoms with E-state index in [1.54, 1.807) is 0 Å². The Kier molecular flexibility index (Phi) is 3.76. The quantitative estimate of drug-likeness (QED) is 0.859. The van der Waals surface area contributed by atoms with Gasteiger partial charge in [0.2, 0.25) is 0 Å². The predicted octanol–water partition coefficient (Wildman–Crippen LogP) is 1.36. The summed E-state index contributed by atoms with van der Waals surface area (Å²) in [6.07, 6.45) is -0.699. The van der Waals surface area contributed by atoms with Gasteiger partial charge in [-0.05, 0) is 12.5 Å². The summed E-state index contributed by atoms with van der Waals surface area (Å²) in [6.45, 7) is 3.76. The molecule has 2 rings (SSSR count). The summed E-state index contributed by atoms with van der Waals surface area (Å²) in [5, 5.41) is 8.96. The second kappa shape index (κ2) is 5.29. The van der Waals surface area contributed by atoms with Gasteiger partial charge in [0.1, 0.15) is 0 Å². The monoisotopic (exact) mass is 235 g/mol. The molecule has 1 aromatic rings. The maximum absolute atomic E-state index is 10.9. The average Bonchev–Trinajstić information content (AvgIpc) is 2.33. The van der Waals surface area contributed by atoms with Crippen molar-refractivity contribution >= 4 is 5.97 Å². The Labute approximate surface area is 101 Å². The number of benzene rings is 1. The van der Waals surface area contributed by atoms with Crippen molar-refractivity contribution in [3.63, 3.8) is 0 Å². The first-order valence-corrected chi connectivity index (χ1v) is 5.79. The number of ether oxygens (including phenoxy) is 1. The molecule has 0 unspecified atom stereocenters. The van der Waals surface area contributed by atoms with Crippen LogP contribution >= 0.6 is 0 Å². The molecule has 0 amide bonds. The van der Waals surface area contributed by atoms with Crippen LogP contribution in [-0.2, 0) is 16.1 Å². The van der Waals surface area contributed by atoms with E-state index in [1.807, 2.05) is 18.2 Å². The minimum Gasteiger partial charge on any atom is -0.479 e. The first-order valence-electron chi connectivity index (χ1n) is 5.79. The van der Waals surface area contributed by atoms with Crippen molar-refractivity contribution in [1.82, 2.24) is 4.90 Å². The molecule has 4 nitrogen and oxygen atoms in total. The highest BCUT2D eigenvalue weighted by molar-refractivity contribution is 5.72. The second-order valence-corrected chi connectivity index (χ2v) is 4.42. The molecule has 0 saturated carbocycles. The zero-order valence-electron chi connectivity index (χ0n) is 9.87. The van der Waals surface area contributed by atoms with Gasteiger partial charge in [0, 0.05) is 19.1 Å². The van der Waals surface area contributed by atoms with Crippen LogP contribution in [0, 0.1) is 0 Å². The molecule has 1 N–H and O–H groups in total. The van der Waals surface area contributed by atoms with Crippen molar-refractivity contribution < 1.29 is 14.6 Å². The van der Waals surface area contributed by atoms with E-state index in [2.05, 4.69) is 24.0 Å². The topological polar surface area (TPSA) is 49.8 Å². The molecule has 1 aliphatic heterocycles. The van der Waals surface area contributed by atoms with Gasteiger partial charge < -0.3 is 9.84 Å². The van der Waals surface area contributed by atoms with Gasteiger partial charge in [-0.25, -0.2) is 4.79 Å². The highest BCUT2D eigenvalue weighted by atomic mass is 16.5. The number of carboxylic acid groups (broad SMARTS) is 1. The van der Waals surface area contributed by atoms with Crippen LogP contribution in [0.2, 0.25) is 0 Å². The second-order valence-electron chi connectivity index (χ2n) is 4.42. The minimum atomic E-state index is -0.880. The highest BCUT2D eigenvalue weighted by Gasteiger charge is 2.30. The fourth-order valence-electron chi connectivity index (χ4n) is 1.99. The fraction of sp³-hybridized carbons (Fsp3) is 0.462. The maximum atomic E-state index is 10.9. The van der Waals surface area contributed by atoms with Gasteiger partial charge in [-0.3, -0.25) is 4.90 Å². The smallest absolute Gasteiger partial charge is 0.334 e. The maximum Gasteiger partial charge on any atom is 0.334 e. The lowest BCUT2D eigenvalue weighted by Gasteiger charge is -2.36. The van der Waals surface area contributed by atoms with E-state index in [4.69, 9.17) is 9.84 Å². The van der Waals surface area contributed by atoms with Crippen molar-refractivity contribution in [3.05, 3.63) is 35.9 Å². The summed E-state index contributed by atoms with van der Waals surface area (Å²) >= 11 is 0. The lowest BCUT2D eigenvalue weighted by Crippen LogP contribution is -2.50. The van der Waals surface area contributed by atoms with Crippen LogP contribution in [0.1, 0.15) is 12.5 Å². The van der Waals surface area contributed by atoms with Crippen molar-refractivity contribution in [3.8, 4) is 0 Å². The largest absolute Gasteiger partial charge is 0.479 e. The van der Waals surface area contributed by atoms with Crippen LogP contribution < -0.4 is 0 Å². The normalized spacial score (nSPS) is 25.7. The molecule has 4 heteroatoms. The summed E-state index contributed by atoms with van der Waals surface area (Å²) in [5.41, 5.74) is 1.20. The molecule has 92 valence electrons. The Morgan fingerprint density at radius 1 is 1.47 bits per heavy atom. The molecular weight excluding hydrogens is 218 g/mol. The van der Waals surface area contributed by atoms with Crippen LogP contribution in [0.25, 0.3) is 0 Å². The van der Waals surface area contributed by atoms with Gasteiger partial charge in [0.05, 0.1) is 6.61 Å². The third-order valence-corrected chi connectivity index (χ3v) is 3.07. The van der Waals surface area contributed by atoms with Crippen LogP contribution in [-0.4, -0.2) is 41.3 Å².